The van der Waals surface area contributed by atoms with E-state index < -0.39 is 12.0 Å². The molecule has 0 aliphatic heterocycles. The second-order valence-corrected chi connectivity index (χ2v) is 11.2. The van der Waals surface area contributed by atoms with E-state index in [1.165, 1.54) is 5.56 Å². The Morgan fingerprint density at radius 3 is 2.22 bits per heavy atom. The van der Waals surface area contributed by atoms with Crippen molar-refractivity contribution >= 4 is 29.3 Å². The third-order valence-corrected chi connectivity index (χ3v) is 7.85. The molecule has 0 spiro atoms. The molecule has 0 saturated carbocycles. The summed E-state index contributed by atoms with van der Waals surface area (Å²) in [6, 6.07) is 33.9. The van der Waals surface area contributed by atoms with Gasteiger partial charge in [0.2, 0.25) is 0 Å². The van der Waals surface area contributed by atoms with E-state index in [2.05, 4.69) is 64.8 Å². The first-order valence-electron chi connectivity index (χ1n) is 14.0. The first-order valence-corrected chi connectivity index (χ1v) is 15.4. The molecule has 0 unspecified atom stereocenters. The van der Waals surface area contributed by atoms with Crippen LogP contribution in [0.15, 0.2) is 103 Å². The molecular formula is C35H38N2O3S. The summed E-state index contributed by atoms with van der Waals surface area (Å²) < 4.78 is 0. The smallest absolute Gasteiger partial charge is 0.326 e. The standard InChI is InChI=1S/C35H38N2O3S/c1-26-12-9-10-18-30(26)32-24-28(19-20-31(32)34(38)36-33(35(39)40)21-23-41-2)25-37(29-16-7-4-8-17-29)22-11-15-27-13-5-3-6-14-27/h3-10,12-14,16-20,24,33H,11,15,21-23,25H2,1-2H3,(H,36,38)(H,39,40)/t33-/m0/s1. The predicted molar refractivity (Wildman–Crippen MR) is 171 cm³/mol. The number of thioether (sulfide) groups is 1. The molecular weight excluding hydrogens is 528 g/mol. The number of aliphatic carboxylic acids is 1. The Morgan fingerprint density at radius 1 is 0.854 bits per heavy atom. The average Bonchev–Trinajstić information content (AvgIpc) is 2.99. The predicted octanol–water partition coefficient (Wildman–Crippen LogP) is 7.24. The Bertz CT molecular complexity index is 1430. The normalized spacial score (nSPS) is 11.6. The number of nitrogens with one attached hydrogen (secondary N) is 1. The quantitative estimate of drug-likeness (QED) is 0.168. The van der Waals surface area contributed by atoms with Crippen LogP contribution in [0.4, 0.5) is 5.69 Å². The number of rotatable bonds is 14. The van der Waals surface area contributed by atoms with Crippen LogP contribution in [-0.2, 0) is 17.8 Å². The first kappa shape index (κ1) is 29.9. The van der Waals surface area contributed by atoms with Crippen molar-refractivity contribution in [1.82, 2.24) is 5.32 Å². The van der Waals surface area contributed by atoms with Gasteiger partial charge in [0.1, 0.15) is 6.04 Å². The molecule has 0 aliphatic rings. The minimum absolute atomic E-state index is 0.369. The number of nitrogens with zero attached hydrogens (tertiary/aromatic N) is 1. The molecule has 0 aromatic heterocycles. The topological polar surface area (TPSA) is 69.6 Å². The van der Waals surface area contributed by atoms with Gasteiger partial charge < -0.3 is 15.3 Å². The van der Waals surface area contributed by atoms with Crippen LogP contribution in [0.25, 0.3) is 11.1 Å². The fourth-order valence-corrected chi connectivity index (χ4v) is 5.46. The zero-order valence-corrected chi connectivity index (χ0v) is 24.6. The van der Waals surface area contributed by atoms with Crippen molar-refractivity contribution in [3.8, 4) is 11.1 Å². The maximum atomic E-state index is 13.5. The molecule has 1 amide bonds. The number of carboxylic acid groups (broad SMARTS) is 1. The fourth-order valence-electron chi connectivity index (χ4n) is 4.99. The van der Waals surface area contributed by atoms with E-state index in [0.717, 1.165) is 47.3 Å². The van der Waals surface area contributed by atoms with E-state index in [1.54, 1.807) is 11.8 Å². The molecule has 5 nitrogen and oxygen atoms in total. The molecule has 0 radical (unpaired) electrons. The number of para-hydroxylation sites is 1. The first-order chi connectivity index (χ1) is 20.0. The number of carbonyl (C=O) groups is 2. The molecule has 4 aromatic carbocycles. The molecule has 0 aliphatic carbocycles. The molecule has 0 bridgehead atoms. The number of benzene rings is 4. The van der Waals surface area contributed by atoms with E-state index in [-0.39, 0.29) is 5.91 Å². The summed E-state index contributed by atoms with van der Waals surface area (Å²) >= 11 is 1.56. The third kappa shape index (κ3) is 8.48. The molecule has 1 atom stereocenters. The van der Waals surface area contributed by atoms with Crippen LogP contribution >= 0.6 is 11.8 Å². The Morgan fingerprint density at radius 2 is 1.54 bits per heavy atom. The van der Waals surface area contributed by atoms with Gasteiger partial charge in [-0.25, -0.2) is 4.79 Å². The van der Waals surface area contributed by atoms with Crippen molar-refractivity contribution in [2.45, 2.75) is 38.8 Å². The zero-order chi connectivity index (χ0) is 29.0. The van der Waals surface area contributed by atoms with Crippen molar-refractivity contribution in [3.05, 3.63) is 125 Å². The maximum Gasteiger partial charge on any atom is 0.326 e. The molecule has 212 valence electrons. The highest BCUT2D eigenvalue weighted by Crippen LogP contribution is 2.29. The SMILES string of the molecule is CSCC[C@H](NC(=O)c1ccc(CN(CCCc2ccccc2)c2ccccc2)cc1-c1ccccc1C)C(=O)O. The van der Waals surface area contributed by atoms with Crippen molar-refractivity contribution < 1.29 is 14.7 Å². The molecule has 6 heteroatoms. The van der Waals surface area contributed by atoms with Crippen molar-refractivity contribution in [1.29, 1.82) is 0 Å². The molecule has 2 N–H and O–H groups in total. The van der Waals surface area contributed by atoms with E-state index in [0.29, 0.717) is 24.3 Å². The summed E-state index contributed by atoms with van der Waals surface area (Å²) in [6.45, 7) is 3.60. The number of hydrogen-bond acceptors (Lipinski definition) is 4. The van der Waals surface area contributed by atoms with Gasteiger partial charge in [-0.1, -0.05) is 78.9 Å². The van der Waals surface area contributed by atoms with Crippen LogP contribution in [-0.4, -0.2) is 41.6 Å². The second-order valence-electron chi connectivity index (χ2n) is 10.2. The van der Waals surface area contributed by atoms with Crippen LogP contribution in [0.1, 0.15) is 39.9 Å². The Kier molecular flexibility index (Phi) is 11.0. The minimum Gasteiger partial charge on any atom is -0.480 e. The van der Waals surface area contributed by atoms with Gasteiger partial charge in [0.15, 0.2) is 0 Å². The second kappa shape index (κ2) is 15.1. The van der Waals surface area contributed by atoms with Gasteiger partial charge >= 0.3 is 5.97 Å². The fraction of sp³-hybridized carbons (Fsp3) is 0.257. The third-order valence-electron chi connectivity index (χ3n) is 7.21. The number of hydrogen-bond donors (Lipinski definition) is 2. The summed E-state index contributed by atoms with van der Waals surface area (Å²) in [5, 5.41) is 12.5. The molecule has 4 aromatic rings. The summed E-state index contributed by atoms with van der Waals surface area (Å²) in [6.07, 6.45) is 4.31. The van der Waals surface area contributed by atoms with Gasteiger partial charge in [0.25, 0.3) is 5.91 Å². The number of carbonyl (C=O) groups excluding carboxylic acids is 1. The highest BCUT2D eigenvalue weighted by molar-refractivity contribution is 7.98. The lowest BCUT2D eigenvalue weighted by atomic mass is 9.93. The Labute approximate surface area is 247 Å². The van der Waals surface area contributed by atoms with Crippen LogP contribution in [0.3, 0.4) is 0 Å². The van der Waals surface area contributed by atoms with Crippen LogP contribution in [0.2, 0.25) is 0 Å². The van der Waals surface area contributed by atoms with Crippen molar-refractivity contribution in [2.24, 2.45) is 0 Å². The molecule has 41 heavy (non-hydrogen) atoms. The zero-order valence-electron chi connectivity index (χ0n) is 23.8. The number of anilines is 1. The molecule has 0 heterocycles. The lowest BCUT2D eigenvalue weighted by molar-refractivity contribution is -0.139. The van der Waals surface area contributed by atoms with Crippen LogP contribution < -0.4 is 10.2 Å². The minimum atomic E-state index is -1.02. The Hall–Kier alpha value is -4.03. The lowest BCUT2D eigenvalue weighted by Crippen LogP contribution is -2.41. The maximum absolute atomic E-state index is 13.5. The largest absolute Gasteiger partial charge is 0.480 e. The van der Waals surface area contributed by atoms with Gasteiger partial charge in [-0.3, -0.25) is 4.79 Å². The van der Waals surface area contributed by atoms with Crippen LogP contribution in [0, 0.1) is 6.92 Å². The van der Waals surface area contributed by atoms with Gasteiger partial charge in [-0.2, -0.15) is 11.8 Å². The average molecular weight is 567 g/mol. The Balaban J connectivity index is 1.63. The van der Waals surface area contributed by atoms with Crippen molar-refractivity contribution in [3.63, 3.8) is 0 Å². The lowest BCUT2D eigenvalue weighted by Gasteiger charge is -2.26. The van der Waals surface area contributed by atoms with E-state index in [4.69, 9.17) is 0 Å². The van der Waals surface area contributed by atoms with Gasteiger partial charge in [0, 0.05) is 24.3 Å². The van der Waals surface area contributed by atoms with Crippen LogP contribution in [0.5, 0.6) is 0 Å². The number of amides is 1. The summed E-state index contributed by atoms with van der Waals surface area (Å²) in [7, 11) is 0. The summed E-state index contributed by atoms with van der Waals surface area (Å²) in [5.74, 6) is -0.734. The molecule has 0 saturated heterocycles. The van der Waals surface area contributed by atoms with Crippen molar-refractivity contribution in [2.75, 3.05) is 23.5 Å². The summed E-state index contributed by atoms with van der Waals surface area (Å²) in [5.41, 5.74) is 6.87. The monoisotopic (exact) mass is 566 g/mol. The summed E-state index contributed by atoms with van der Waals surface area (Å²) in [4.78, 5) is 27.7. The highest BCUT2D eigenvalue weighted by atomic mass is 32.2. The number of carboxylic acids is 1. The van der Waals surface area contributed by atoms with Gasteiger partial charge in [-0.15, -0.1) is 0 Å². The number of aryl methyl sites for hydroxylation is 2. The highest BCUT2D eigenvalue weighted by Gasteiger charge is 2.23. The van der Waals surface area contributed by atoms with E-state index >= 15 is 0 Å². The van der Waals surface area contributed by atoms with Gasteiger partial charge in [-0.05, 0) is 90.3 Å². The van der Waals surface area contributed by atoms with E-state index in [1.807, 2.05) is 61.7 Å². The molecule has 4 rings (SSSR count). The van der Waals surface area contributed by atoms with E-state index in [9.17, 15) is 14.7 Å². The van der Waals surface area contributed by atoms with Gasteiger partial charge in [0.05, 0.1) is 0 Å². The molecule has 0 fully saturated rings.